The molecule has 2 aromatic rings. The molecular weight excluding hydrogens is 300 g/mol. The Kier molecular flexibility index (Phi) is 4.46. The first-order chi connectivity index (χ1) is 11.4. The first kappa shape index (κ1) is 16.7. The largest absolute Gasteiger partial charge is 0.481 e. The zero-order valence-electron chi connectivity index (χ0n) is 14.1. The summed E-state index contributed by atoms with van der Waals surface area (Å²) in [7, 11) is 0. The fourth-order valence-corrected chi connectivity index (χ4v) is 4.33. The number of carboxylic acid groups (broad SMARTS) is 1. The maximum absolute atomic E-state index is 11.9. The average molecular weight is 324 g/mol. The maximum Gasteiger partial charge on any atom is 0.310 e. The number of carbonyl (C=O) groups is 1. The second-order valence-corrected chi connectivity index (χ2v) is 7.29. The summed E-state index contributed by atoms with van der Waals surface area (Å²) in [5.74, 6) is -1.40. The van der Waals surface area contributed by atoms with Crippen molar-refractivity contribution in [3.63, 3.8) is 0 Å². The summed E-state index contributed by atoms with van der Waals surface area (Å²) in [6.45, 7) is 4.06. The van der Waals surface area contributed by atoms with E-state index in [4.69, 9.17) is 0 Å². The van der Waals surface area contributed by atoms with E-state index in [-0.39, 0.29) is 0 Å². The van der Waals surface area contributed by atoms with Crippen molar-refractivity contribution in [1.29, 1.82) is 0 Å². The molecule has 4 unspecified atom stereocenters. The van der Waals surface area contributed by atoms with Crippen LogP contribution in [-0.4, -0.2) is 22.3 Å². The lowest BCUT2D eigenvalue weighted by atomic mass is 9.60. The Labute approximate surface area is 143 Å². The molecule has 24 heavy (non-hydrogen) atoms. The van der Waals surface area contributed by atoms with Crippen LogP contribution in [0.2, 0.25) is 0 Å². The van der Waals surface area contributed by atoms with Crippen LogP contribution in [0.15, 0.2) is 54.6 Å². The molecule has 1 fully saturated rings. The molecule has 0 aliphatic heterocycles. The molecule has 1 aliphatic carbocycles. The highest BCUT2D eigenvalue weighted by Crippen LogP contribution is 2.46. The van der Waals surface area contributed by atoms with Crippen LogP contribution >= 0.6 is 0 Å². The molecule has 126 valence electrons. The van der Waals surface area contributed by atoms with E-state index >= 15 is 0 Å². The number of carboxylic acids is 1. The molecule has 0 saturated heterocycles. The standard InChI is InChI=1S/C21H24O3/c1-14-11-18(22)19(20(23)24)21(2,13-14)17-10-6-9-16(12-17)15-7-4-3-5-8-15/h3-10,12,14,18-19,22H,11,13H2,1-2H3,(H,23,24). The smallest absolute Gasteiger partial charge is 0.310 e. The van der Waals surface area contributed by atoms with E-state index in [0.717, 1.165) is 23.1 Å². The van der Waals surface area contributed by atoms with Crippen molar-refractivity contribution < 1.29 is 15.0 Å². The third-order valence-electron chi connectivity index (χ3n) is 5.38. The van der Waals surface area contributed by atoms with Gasteiger partial charge in [-0.05, 0) is 35.4 Å². The third-order valence-corrected chi connectivity index (χ3v) is 5.38. The molecule has 1 saturated carbocycles. The van der Waals surface area contributed by atoms with Crippen LogP contribution < -0.4 is 0 Å². The summed E-state index contributed by atoms with van der Waals surface area (Å²) in [6, 6.07) is 18.2. The minimum Gasteiger partial charge on any atom is -0.481 e. The molecule has 0 aromatic heterocycles. The predicted octanol–water partition coefficient (Wildman–Crippen LogP) is 4.10. The van der Waals surface area contributed by atoms with Gasteiger partial charge in [-0.2, -0.15) is 0 Å². The van der Waals surface area contributed by atoms with Crippen LogP contribution in [-0.2, 0) is 10.2 Å². The Morgan fingerprint density at radius 2 is 1.75 bits per heavy atom. The molecule has 3 heteroatoms. The van der Waals surface area contributed by atoms with Gasteiger partial charge in [0.05, 0.1) is 12.0 Å². The average Bonchev–Trinajstić information content (AvgIpc) is 2.54. The molecule has 2 aromatic carbocycles. The van der Waals surface area contributed by atoms with Crippen molar-refractivity contribution in [2.75, 3.05) is 0 Å². The van der Waals surface area contributed by atoms with Crippen LogP contribution in [0.25, 0.3) is 11.1 Å². The minimum absolute atomic E-state index is 0.293. The van der Waals surface area contributed by atoms with Crippen LogP contribution in [0, 0.1) is 11.8 Å². The molecule has 4 atom stereocenters. The van der Waals surface area contributed by atoms with Crippen LogP contribution in [0.3, 0.4) is 0 Å². The van der Waals surface area contributed by atoms with Gasteiger partial charge in [0.25, 0.3) is 0 Å². The van der Waals surface area contributed by atoms with Crippen molar-refractivity contribution in [3.8, 4) is 11.1 Å². The molecule has 1 aliphatic rings. The lowest BCUT2D eigenvalue weighted by molar-refractivity contribution is -0.153. The van der Waals surface area contributed by atoms with Gasteiger partial charge in [0.2, 0.25) is 0 Å². The van der Waals surface area contributed by atoms with Gasteiger partial charge in [-0.15, -0.1) is 0 Å². The topological polar surface area (TPSA) is 57.5 Å². The molecule has 0 amide bonds. The molecule has 0 heterocycles. The van der Waals surface area contributed by atoms with Gasteiger partial charge in [0.15, 0.2) is 0 Å². The molecule has 0 bridgehead atoms. The highest BCUT2D eigenvalue weighted by molar-refractivity contribution is 5.74. The fourth-order valence-electron chi connectivity index (χ4n) is 4.33. The number of aliphatic hydroxyl groups excluding tert-OH is 1. The van der Waals surface area contributed by atoms with E-state index in [2.05, 4.69) is 25.1 Å². The SMILES string of the molecule is CC1CC(O)C(C(=O)O)C(C)(c2cccc(-c3ccccc3)c2)C1. The van der Waals surface area contributed by atoms with Crippen molar-refractivity contribution in [1.82, 2.24) is 0 Å². The summed E-state index contributed by atoms with van der Waals surface area (Å²) in [5, 5.41) is 20.1. The van der Waals surface area contributed by atoms with Crippen molar-refractivity contribution in [3.05, 3.63) is 60.2 Å². The Morgan fingerprint density at radius 3 is 2.42 bits per heavy atom. The fraction of sp³-hybridized carbons (Fsp3) is 0.381. The van der Waals surface area contributed by atoms with E-state index in [9.17, 15) is 15.0 Å². The molecule has 0 radical (unpaired) electrons. The van der Waals surface area contributed by atoms with Gasteiger partial charge in [-0.25, -0.2) is 0 Å². The van der Waals surface area contributed by atoms with Crippen molar-refractivity contribution >= 4 is 5.97 Å². The van der Waals surface area contributed by atoms with Gasteiger partial charge >= 0.3 is 5.97 Å². The predicted molar refractivity (Wildman–Crippen MR) is 94.8 cm³/mol. The van der Waals surface area contributed by atoms with Crippen molar-refractivity contribution in [2.45, 2.75) is 38.2 Å². The number of aliphatic carboxylic acids is 1. The number of hydrogen-bond acceptors (Lipinski definition) is 2. The molecule has 3 nitrogen and oxygen atoms in total. The van der Waals surface area contributed by atoms with Crippen LogP contribution in [0.4, 0.5) is 0 Å². The van der Waals surface area contributed by atoms with Gasteiger partial charge < -0.3 is 10.2 Å². The lowest BCUT2D eigenvalue weighted by Gasteiger charge is -2.45. The zero-order valence-corrected chi connectivity index (χ0v) is 14.1. The highest BCUT2D eigenvalue weighted by atomic mass is 16.4. The van der Waals surface area contributed by atoms with E-state index in [1.54, 1.807) is 0 Å². The number of rotatable bonds is 3. The Bertz CT molecular complexity index is 725. The van der Waals surface area contributed by atoms with Gasteiger partial charge in [-0.3, -0.25) is 4.79 Å². The summed E-state index contributed by atoms with van der Waals surface area (Å²) >= 11 is 0. The monoisotopic (exact) mass is 324 g/mol. The van der Waals surface area contributed by atoms with E-state index in [1.807, 2.05) is 43.3 Å². The summed E-state index contributed by atoms with van der Waals surface area (Å²) in [5.41, 5.74) is 2.60. The minimum atomic E-state index is -0.915. The normalized spacial score (nSPS) is 30.0. The zero-order chi connectivity index (χ0) is 17.3. The van der Waals surface area contributed by atoms with Gasteiger partial charge in [0, 0.05) is 5.41 Å². The molecule has 0 spiro atoms. The first-order valence-electron chi connectivity index (χ1n) is 8.48. The number of aliphatic hydroxyl groups is 1. The Balaban J connectivity index is 2.07. The van der Waals surface area contributed by atoms with Gasteiger partial charge in [-0.1, -0.05) is 68.4 Å². The number of benzene rings is 2. The summed E-state index contributed by atoms with van der Waals surface area (Å²) in [4.78, 5) is 11.9. The second kappa shape index (κ2) is 6.40. The first-order valence-corrected chi connectivity index (χ1v) is 8.48. The maximum atomic E-state index is 11.9. The van der Waals surface area contributed by atoms with Crippen LogP contribution in [0.1, 0.15) is 32.3 Å². The lowest BCUT2D eigenvalue weighted by Crippen LogP contribution is -2.50. The van der Waals surface area contributed by atoms with Crippen molar-refractivity contribution in [2.24, 2.45) is 11.8 Å². The molecular formula is C21H24O3. The van der Waals surface area contributed by atoms with Gasteiger partial charge in [0.1, 0.15) is 0 Å². The molecule has 2 N–H and O–H groups in total. The second-order valence-electron chi connectivity index (χ2n) is 7.29. The molecule has 3 rings (SSSR count). The van der Waals surface area contributed by atoms with Crippen LogP contribution in [0.5, 0.6) is 0 Å². The van der Waals surface area contributed by atoms with E-state index in [1.165, 1.54) is 0 Å². The van der Waals surface area contributed by atoms with E-state index < -0.39 is 23.4 Å². The quantitative estimate of drug-likeness (QED) is 0.893. The highest BCUT2D eigenvalue weighted by Gasteiger charge is 2.49. The van der Waals surface area contributed by atoms with E-state index in [0.29, 0.717) is 12.3 Å². The Hall–Kier alpha value is -2.13. The number of hydrogen-bond donors (Lipinski definition) is 2. The summed E-state index contributed by atoms with van der Waals surface area (Å²) in [6.07, 6.45) is 0.501. The Morgan fingerprint density at radius 1 is 1.08 bits per heavy atom. The third kappa shape index (κ3) is 2.96. The summed E-state index contributed by atoms with van der Waals surface area (Å²) < 4.78 is 0.